The second kappa shape index (κ2) is 9.02. The lowest BCUT2D eigenvalue weighted by atomic mass is 9.73. The number of phenolic OH excluding ortho intramolecular Hbond substituents is 1. The number of hydrogen-bond acceptors (Lipinski definition) is 2. The number of aromatic hydroxyl groups is 1. The van der Waals surface area contributed by atoms with Crippen molar-refractivity contribution in [3.63, 3.8) is 0 Å². The van der Waals surface area contributed by atoms with Crippen LogP contribution in [0.1, 0.15) is 11.1 Å². The Morgan fingerprint density at radius 2 is 0.886 bits per heavy atom. The molecule has 0 aliphatic heterocycles. The van der Waals surface area contributed by atoms with Crippen LogP contribution in [0.15, 0.2) is 103 Å². The summed E-state index contributed by atoms with van der Waals surface area (Å²) in [5.74, 6) is -0.00642. The Morgan fingerprint density at radius 3 is 1.34 bits per heavy atom. The first-order valence-corrected chi connectivity index (χ1v) is 10.4. The molecule has 35 heavy (non-hydrogen) atoms. The van der Waals surface area contributed by atoms with Crippen molar-refractivity contribution in [3.8, 4) is 28.4 Å². The van der Waals surface area contributed by atoms with E-state index in [1.807, 2.05) is 30.3 Å². The Hall–Kier alpha value is -3.94. The molecule has 0 unspecified atom stereocenters. The van der Waals surface area contributed by atoms with E-state index in [2.05, 4.69) is 0 Å². The highest BCUT2D eigenvalue weighted by Crippen LogP contribution is 2.56. The molecule has 2 nitrogen and oxygen atoms in total. The summed E-state index contributed by atoms with van der Waals surface area (Å²) < 4.78 is 90.6. The molecule has 0 aliphatic rings. The molecule has 4 aromatic rings. The standard InChI is InChI=1S/C27H18F6O2/c28-26(29,30)25(27(31,32)33,20-8-12-22(34)13-9-20)21-10-16-24(17-11-21)35-23-14-6-19(7-15-23)18-4-2-1-3-5-18/h1-17,34H. The maximum Gasteiger partial charge on any atom is 0.411 e. The van der Waals surface area contributed by atoms with Gasteiger partial charge < -0.3 is 9.84 Å². The Labute approximate surface area is 197 Å². The number of benzene rings is 4. The van der Waals surface area contributed by atoms with Crippen molar-refractivity contribution in [2.24, 2.45) is 0 Å². The molecular weight excluding hydrogens is 470 g/mol. The summed E-state index contributed by atoms with van der Waals surface area (Å²) in [5, 5.41) is 9.38. The number of rotatable bonds is 5. The highest BCUT2D eigenvalue weighted by Gasteiger charge is 2.72. The molecule has 8 heteroatoms. The molecule has 180 valence electrons. The molecule has 0 fully saturated rings. The first-order valence-electron chi connectivity index (χ1n) is 10.4. The van der Waals surface area contributed by atoms with E-state index in [-0.39, 0.29) is 5.75 Å². The Bertz CT molecular complexity index is 1250. The van der Waals surface area contributed by atoms with Crippen LogP contribution >= 0.6 is 0 Å². The van der Waals surface area contributed by atoms with Crippen molar-refractivity contribution in [1.82, 2.24) is 0 Å². The van der Waals surface area contributed by atoms with Gasteiger partial charge in [0.1, 0.15) is 17.2 Å². The lowest BCUT2D eigenvalue weighted by molar-refractivity contribution is -0.288. The number of alkyl halides is 6. The zero-order valence-electron chi connectivity index (χ0n) is 17.9. The molecule has 0 heterocycles. The fourth-order valence-electron chi connectivity index (χ4n) is 3.95. The first kappa shape index (κ1) is 24.2. The minimum absolute atomic E-state index is 0.0742. The van der Waals surface area contributed by atoms with Gasteiger partial charge in [-0.25, -0.2) is 0 Å². The zero-order chi connectivity index (χ0) is 25.3. The van der Waals surface area contributed by atoms with E-state index >= 15 is 0 Å². The summed E-state index contributed by atoms with van der Waals surface area (Å²) >= 11 is 0. The SMILES string of the molecule is Oc1ccc(C(c2ccc(Oc3ccc(-c4ccccc4)cc3)cc2)(C(F)(F)F)C(F)(F)F)cc1. The summed E-state index contributed by atoms with van der Waals surface area (Å²) in [6.45, 7) is 0. The van der Waals surface area contributed by atoms with Crippen LogP contribution in [0.25, 0.3) is 11.1 Å². The van der Waals surface area contributed by atoms with Crippen LogP contribution in [-0.4, -0.2) is 17.5 Å². The van der Waals surface area contributed by atoms with Crippen molar-refractivity contribution in [1.29, 1.82) is 0 Å². The van der Waals surface area contributed by atoms with E-state index in [4.69, 9.17) is 4.74 Å². The zero-order valence-corrected chi connectivity index (χ0v) is 17.9. The van der Waals surface area contributed by atoms with Gasteiger partial charge in [0, 0.05) is 0 Å². The van der Waals surface area contributed by atoms with Gasteiger partial charge in [-0.1, -0.05) is 66.7 Å². The van der Waals surface area contributed by atoms with Gasteiger partial charge in [0.2, 0.25) is 5.41 Å². The fraction of sp³-hybridized carbons (Fsp3) is 0.111. The monoisotopic (exact) mass is 488 g/mol. The van der Waals surface area contributed by atoms with Crippen LogP contribution in [0.3, 0.4) is 0 Å². The van der Waals surface area contributed by atoms with Gasteiger partial charge in [0.05, 0.1) is 0 Å². The minimum atomic E-state index is -5.71. The summed E-state index contributed by atoms with van der Waals surface area (Å²) in [6, 6.07) is 22.9. The van der Waals surface area contributed by atoms with E-state index in [1.54, 1.807) is 24.3 Å². The molecule has 0 atom stereocenters. The van der Waals surface area contributed by atoms with Crippen LogP contribution in [0.2, 0.25) is 0 Å². The van der Waals surface area contributed by atoms with E-state index in [0.717, 1.165) is 47.5 Å². The number of ether oxygens (including phenoxy) is 1. The molecule has 0 saturated heterocycles. The molecule has 4 aromatic carbocycles. The van der Waals surface area contributed by atoms with E-state index in [0.29, 0.717) is 17.9 Å². The van der Waals surface area contributed by atoms with E-state index < -0.39 is 34.6 Å². The van der Waals surface area contributed by atoms with Gasteiger partial charge in [0.25, 0.3) is 0 Å². The lowest BCUT2D eigenvalue weighted by Crippen LogP contribution is -2.54. The van der Waals surface area contributed by atoms with Crippen molar-refractivity contribution in [2.45, 2.75) is 17.8 Å². The van der Waals surface area contributed by atoms with Crippen LogP contribution in [-0.2, 0) is 5.41 Å². The second-order valence-electron chi connectivity index (χ2n) is 7.81. The van der Waals surface area contributed by atoms with Gasteiger partial charge >= 0.3 is 12.4 Å². The fourth-order valence-corrected chi connectivity index (χ4v) is 3.95. The summed E-state index contributed by atoms with van der Waals surface area (Å²) in [6.07, 6.45) is -11.4. The predicted molar refractivity (Wildman–Crippen MR) is 119 cm³/mol. The number of halogens is 6. The maximum absolute atomic E-state index is 14.2. The van der Waals surface area contributed by atoms with Crippen LogP contribution in [0.4, 0.5) is 26.3 Å². The second-order valence-corrected chi connectivity index (χ2v) is 7.81. The lowest BCUT2D eigenvalue weighted by Gasteiger charge is -2.38. The average molecular weight is 488 g/mol. The van der Waals surface area contributed by atoms with Crippen LogP contribution in [0.5, 0.6) is 17.2 Å². The molecule has 4 rings (SSSR count). The largest absolute Gasteiger partial charge is 0.508 e. The van der Waals surface area contributed by atoms with Gasteiger partial charge in [-0.2, -0.15) is 26.3 Å². The van der Waals surface area contributed by atoms with Gasteiger partial charge in [-0.3, -0.25) is 0 Å². The molecule has 0 bridgehead atoms. The Balaban J connectivity index is 1.67. The Morgan fingerprint density at radius 1 is 0.486 bits per heavy atom. The van der Waals surface area contributed by atoms with E-state index in [9.17, 15) is 31.4 Å². The van der Waals surface area contributed by atoms with Crippen molar-refractivity contribution < 1.29 is 36.2 Å². The molecule has 0 saturated carbocycles. The first-order chi connectivity index (χ1) is 16.5. The topological polar surface area (TPSA) is 29.5 Å². The molecule has 0 radical (unpaired) electrons. The van der Waals surface area contributed by atoms with Crippen molar-refractivity contribution in [2.75, 3.05) is 0 Å². The van der Waals surface area contributed by atoms with Gasteiger partial charge in [-0.05, 0) is 58.7 Å². The van der Waals surface area contributed by atoms with Crippen LogP contribution < -0.4 is 4.74 Å². The minimum Gasteiger partial charge on any atom is -0.508 e. The molecule has 0 spiro atoms. The highest BCUT2D eigenvalue weighted by molar-refractivity contribution is 5.64. The molecule has 1 N–H and O–H groups in total. The predicted octanol–water partition coefficient (Wildman–Crippen LogP) is 8.26. The molecule has 0 aliphatic carbocycles. The highest BCUT2D eigenvalue weighted by atomic mass is 19.4. The molecule has 0 amide bonds. The molecule has 0 aromatic heterocycles. The smallest absolute Gasteiger partial charge is 0.411 e. The van der Waals surface area contributed by atoms with Crippen molar-refractivity contribution >= 4 is 0 Å². The summed E-state index contributed by atoms with van der Waals surface area (Å²) in [7, 11) is 0. The van der Waals surface area contributed by atoms with E-state index in [1.165, 1.54) is 0 Å². The van der Waals surface area contributed by atoms with Crippen LogP contribution in [0, 0.1) is 0 Å². The maximum atomic E-state index is 14.2. The van der Waals surface area contributed by atoms with Gasteiger partial charge in [0.15, 0.2) is 0 Å². The normalized spacial score (nSPS) is 12.4. The summed E-state index contributed by atoms with van der Waals surface area (Å²) in [4.78, 5) is 0. The van der Waals surface area contributed by atoms with Crippen molar-refractivity contribution in [3.05, 3.63) is 114 Å². The number of phenols is 1. The average Bonchev–Trinajstić information content (AvgIpc) is 2.81. The third-order valence-electron chi connectivity index (χ3n) is 5.64. The third kappa shape index (κ3) is 4.56. The quantitative estimate of drug-likeness (QED) is 0.287. The molecular formula is C27H18F6O2. The Kier molecular flexibility index (Phi) is 6.23. The number of hydrogen-bond donors (Lipinski definition) is 1. The summed E-state index contributed by atoms with van der Waals surface area (Å²) in [5.41, 5.74) is -4.46. The third-order valence-corrected chi connectivity index (χ3v) is 5.64. The van der Waals surface area contributed by atoms with Gasteiger partial charge in [-0.15, -0.1) is 0 Å².